The lowest BCUT2D eigenvalue weighted by molar-refractivity contribution is -0.384. The summed E-state index contributed by atoms with van der Waals surface area (Å²) in [5.74, 6) is 0.960. The number of aromatic nitrogens is 3. The van der Waals surface area contributed by atoms with Gasteiger partial charge in [0.1, 0.15) is 0 Å². The van der Waals surface area contributed by atoms with Crippen molar-refractivity contribution in [3.05, 3.63) is 70.7 Å². The molecule has 1 fully saturated rings. The first-order chi connectivity index (χ1) is 15.1. The van der Waals surface area contributed by atoms with Crippen LogP contribution in [0.3, 0.4) is 0 Å². The number of nitro benzene ring substituents is 1. The van der Waals surface area contributed by atoms with Crippen LogP contribution in [0.2, 0.25) is 0 Å². The highest BCUT2D eigenvalue weighted by atomic mass is 16.6. The first-order valence-corrected chi connectivity index (χ1v) is 10.3. The van der Waals surface area contributed by atoms with E-state index in [-0.39, 0.29) is 11.4 Å². The van der Waals surface area contributed by atoms with Crippen molar-refractivity contribution >= 4 is 17.4 Å². The molecule has 1 saturated carbocycles. The fourth-order valence-electron chi connectivity index (χ4n) is 3.67. The van der Waals surface area contributed by atoms with Crippen LogP contribution in [0.25, 0.3) is 5.69 Å². The lowest BCUT2D eigenvalue weighted by atomic mass is 9.90. The number of amides is 1. The molecule has 160 valence electrons. The Hall–Kier alpha value is -3.75. The Morgan fingerprint density at radius 1 is 1.19 bits per heavy atom. The summed E-state index contributed by atoms with van der Waals surface area (Å²) in [6, 6.07) is 11.1. The summed E-state index contributed by atoms with van der Waals surface area (Å²) in [6.45, 7) is 0.607. The van der Waals surface area contributed by atoms with Crippen LogP contribution in [0, 0.1) is 16.0 Å². The molecule has 0 unspecified atom stereocenters. The summed E-state index contributed by atoms with van der Waals surface area (Å²) in [5.41, 5.74) is 0.602. The SMILES string of the molecule is O=C(Nc1ncccc1OCC1CCCCC1)c1ccn(-c2cccc([N+](=O)[O-])c2)n1. The topological polar surface area (TPSA) is 112 Å². The van der Waals surface area contributed by atoms with Gasteiger partial charge in [0.05, 0.1) is 17.2 Å². The Labute approximate surface area is 179 Å². The van der Waals surface area contributed by atoms with E-state index in [0.29, 0.717) is 29.8 Å². The van der Waals surface area contributed by atoms with Crippen molar-refractivity contribution in [3.63, 3.8) is 0 Å². The zero-order chi connectivity index (χ0) is 21.6. The molecule has 1 aliphatic carbocycles. The molecule has 1 aromatic carbocycles. The monoisotopic (exact) mass is 421 g/mol. The molecule has 31 heavy (non-hydrogen) atoms. The summed E-state index contributed by atoms with van der Waals surface area (Å²) in [7, 11) is 0. The number of nitrogens with one attached hydrogen (secondary N) is 1. The van der Waals surface area contributed by atoms with Crippen LogP contribution in [0.1, 0.15) is 42.6 Å². The Morgan fingerprint density at radius 3 is 2.84 bits per heavy atom. The van der Waals surface area contributed by atoms with Crippen molar-refractivity contribution in [2.75, 3.05) is 11.9 Å². The highest BCUT2D eigenvalue weighted by Crippen LogP contribution is 2.27. The predicted octanol–water partition coefficient (Wildman–Crippen LogP) is 4.39. The molecule has 1 N–H and O–H groups in total. The van der Waals surface area contributed by atoms with E-state index in [1.54, 1.807) is 42.7 Å². The Morgan fingerprint density at radius 2 is 2.03 bits per heavy atom. The minimum absolute atomic E-state index is 0.0488. The molecule has 0 bridgehead atoms. The lowest BCUT2D eigenvalue weighted by Crippen LogP contribution is -2.18. The summed E-state index contributed by atoms with van der Waals surface area (Å²) >= 11 is 0. The van der Waals surface area contributed by atoms with E-state index in [9.17, 15) is 14.9 Å². The van der Waals surface area contributed by atoms with Gasteiger partial charge in [-0.3, -0.25) is 14.9 Å². The quantitative estimate of drug-likeness (QED) is 0.447. The zero-order valence-electron chi connectivity index (χ0n) is 16.9. The first kappa shape index (κ1) is 20.5. The highest BCUT2D eigenvalue weighted by molar-refractivity contribution is 6.03. The van der Waals surface area contributed by atoms with E-state index >= 15 is 0 Å². The second-order valence-corrected chi connectivity index (χ2v) is 7.54. The summed E-state index contributed by atoms with van der Waals surface area (Å²) in [6.07, 6.45) is 9.25. The Bertz CT molecular complexity index is 1080. The molecule has 2 heterocycles. The molecule has 9 nitrogen and oxygen atoms in total. The number of ether oxygens (including phenoxy) is 1. The molecule has 3 aromatic rings. The van der Waals surface area contributed by atoms with E-state index in [4.69, 9.17) is 4.74 Å². The van der Waals surface area contributed by atoms with E-state index in [0.717, 1.165) is 12.8 Å². The van der Waals surface area contributed by atoms with Gasteiger partial charge in [0.2, 0.25) is 0 Å². The average Bonchev–Trinajstić information content (AvgIpc) is 3.30. The normalized spacial score (nSPS) is 14.2. The number of nitro groups is 1. The Balaban J connectivity index is 1.44. The number of hydrogen-bond donors (Lipinski definition) is 1. The van der Waals surface area contributed by atoms with Crippen molar-refractivity contribution in [1.82, 2.24) is 14.8 Å². The Kier molecular flexibility index (Phi) is 6.21. The number of carbonyl (C=O) groups is 1. The van der Waals surface area contributed by atoms with Gasteiger partial charge in [-0.1, -0.05) is 25.3 Å². The van der Waals surface area contributed by atoms with Crippen molar-refractivity contribution in [2.45, 2.75) is 32.1 Å². The van der Waals surface area contributed by atoms with Crippen molar-refractivity contribution in [3.8, 4) is 11.4 Å². The van der Waals surface area contributed by atoms with Gasteiger partial charge in [-0.05, 0) is 43.0 Å². The van der Waals surface area contributed by atoms with Gasteiger partial charge < -0.3 is 10.1 Å². The maximum Gasteiger partial charge on any atom is 0.277 e. The molecule has 0 aliphatic heterocycles. The zero-order valence-corrected chi connectivity index (χ0v) is 16.9. The maximum atomic E-state index is 12.7. The standard InChI is InChI=1S/C22H23N5O4/c28-22(19-11-13-26(25-19)17-8-4-9-18(14-17)27(29)30)24-21-20(10-5-12-23-21)31-15-16-6-2-1-3-7-16/h4-5,8-14,16H,1-3,6-7,15H2,(H,23,24,28). The number of nitrogens with zero attached hydrogens (tertiary/aromatic N) is 4. The molecule has 1 amide bonds. The van der Waals surface area contributed by atoms with Crippen molar-refractivity contribution < 1.29 is 14.5 Å². The molecule has 0 spiro atoms. The van der Waals surface area contributed by atoms with E-state index in [2.05, 4.69) is 15.4 Å². The van der Waals surface area contributed by atoms with Crippen LogP contribution in [0.4, 0.5) is 11.5 Å². The molecule has 9 heteroatoms. The highest BCUT2D eigenvalue weighted by Gasteiger charge is 2.17. The average molecular weight is 421 g/mol. The molecular formula is C22H23N5O4. The third-order valence-corrected chi connectivity index (χ3v) is 5.33. The van der Waals surface area contributed by atoms with Crippen LogP contribution in [0.15, 0.2) is 54.9 Å². The number of carbonyl (C=O) groups excluding carboxylic acids is 1. The minimum Gasteiger partial charge on any atom is -0.489 e. The second-order valence-electron chi connectivity index (χ2n) is 7.54. The number of non-ortho nitro benzene ring substituents is 1. The third kappa shape index (κ3) is 5.06. The van der Waals surface area contributed by atoms with Gasteiger partial charge in [-0.15, -0.1) is 0 Å². The molecule has 1 aliphatic rings. The van der Waals surface area contributed by atoms with Gasteiger partial charge in [0.25, 0.3) is 11.6 Å². The number of rotatable bonds is 7. The molecule has 0 atom stereocenters. The maximum absolute atomic E-state index is 12.7. The van der Waals surface area contributed by atoms with E-state index in [1.165, 1.54) is 36.1 Å². The molecule has 0 saturated heterocycles. The minimum atomic E-state index is -0.476. The smallest absolute Gasteiger partial charge is 0.277 e. The fraction of sp³-hybridized carbons (Fsp3) is 0.318. The van der Waals surface area contributed by atoms with E-state index < -0.39 is 10.8 Å². The lowest BCUT2D eigenvalue weighted by Gasteiger charge is -2.22. The summed E-state index contributed by atoms with van der Waals surface area (Å²) in [4.78, 5) is 27.4. The number of hydrogen-bond acceptors (Lipinski definition) is 6. The number of benzene rings is 1. The predicted molar refractivity (Wildman–Crippen MR) is 114 cm³/mol. The van der Waals surface area contributed by atoms with Crippen LogP contribution in [-0.4, -0.2) is 32.2 Å². The first-order valence-electron chi connectivity index (χ1n) is 10.3. The summed E-state index contributed by atoms with van der Waals surface area (Å²) < 4.78 is 7.37. The molecule has 2 aromatic heterocycles. The van der Waals surface area contributed by atoms with Crippen LogP contribution in [0.5, 0.6) is 5.75 Å². The molecule has 4 rings (SSSR count). The van der Waals surface area contributed by atoms with Crippen molar-refractivity contribution in [2.24, 2.45) is 5.92 Å². The van der Waals surface area contributed by atoms with Crippen molar-refractivity contribution in [1.29, 1.82) is 0 Å². The largest absolute Gasteiger partial charge is 0.489 e. The van der Waals surface area contributed by atoms with Crippen LogP contribution < -0.4 is 10.1 Å². The fourth-order valence-corrected chi connectivity index (χ4v) is 3.67. The molecule has 0 radical (unpaired) electrons. The van der Waals surface area contributed by atoms with Gasteiger partial charge in [0.15, 0.2) is 17.3 Å². The summed E-state index contributed by atoms with van der Waals surface area (Å²) in [5, 5.41) is 18.0. The number of pyridine rings is 1. The second kappa shape index (κ2) is 9.38. The third-order valence-electron chi connectivity index (χ3n) is 5.33. The molecular weight excluding hydrogens is 398 g/mol. The van der Waals surface area contributed by atoms with Gasteiger partial charge in [-0.2, -0.15) is 5.10 Å². The van der Waals surface area contributed by atoms with E-state index in [1.807, 2.05) is 0 Å². The van der Waals surface area contributed by atoms with Crippen LogP contribution >= 0.6 is 0 Å². The van der Waals surface area contributed by atoms with Gasteiger partial charge in [0, 0.05) is 24.5 Å². The van der Waals surface area contributed by atoms with Crippen LogP contribution in [-0.2, 0) is 0 Å². The van der Waals surface area contributed by atoms with Gasteiger partial charge in [-0.25, -0.2) is 9.67 Å². The van der Waals surface area contributed by atoms with Gasteiger partial charge >= 0.3 is 0 Å². The number of anilines is 1.